The fourth-order valence-corrected chi connectivity index (χ4v) is 1.93. The first-order chi connectivity index (χ1) is 9.56. The summed E-state index contributed by atoms with van der Waals surface area (Å²) in [6.07, 6.45) is 0. The molecule has 4 heteroatoms. The Balaban J connectivity index is 2.86. The van der Waals surface area contributed by atoms with E-state index in [1.807, 2.05) is 6.07 Å². The van der Waals surface area contributed by atoms with Crippen molar-refractivity contribution in [3.63, 3.8) is 0 Å². The quantitative estimate of drug-likeness (QED) is 0.809. The Morgan fingerprint density at radius 2 is 2.10 bits per heavy atom. The van der Waals surface area contributed by atoms with E-state index in [1.165, 1.54) is 6.07 Å². The number of hydrogen-bond acceptors (Lipinski definition) is 3. The maximum Gasteiger partial charge on any atom is 0.124 e. The molecule has 0 aliphatic rings. The van der Waals surface area contributed by atoms with Gasteiger partial charge in [-0.2, -0.15) is 0 Å². The predicted octanol–water partition coefficient (Wildman–Crippen LogP) is 1.99. The lowest BCUT2D eigenvalue weighted by atomic mass is 10.1. The smallest absolute Gasteiger partial charge is 0.124 e. The Morgan fingerprint density at radius 3 is 2.70 bits per heavy atom. The Morgan fingerprint density at radius 1 is 1.35 bits per heavy atom. The molecule has 0 aliphatic carbocycles. The lowest BCUT2D eigenvalue weighted by molar-refractivity contribution is 0.125. The molecule has 0 heterocycles. The van der Waals surface area contributed by atoms with Crippen LogP contribution < -0.4 is 5.73 Å². The first kappa shape index (κ1) is 16.6. The van der Waals surface area contributed by atoms with Crippen LogP contribution >= 0.6 is 0 Å². The van der Waals surface area contributed by atoms with E-state index in [2.05, 4.69) is 30.6 Å². The first-order valence-corrected chi connectivity index (χ1v) is 6.78. The van der Waals surface area contributed by atoms with Crippen LogP contribution in [0.3, 0.4) is 0 Å². The summed E-state index contributed by atoms with van der Waals surface area (Å²) in [5.41, 5.74) is 6.92. The SMILES string of the molecule is COCCN(Cc1cc(F)cc(C#CCN)c1)C(C)C. The van der Waals surface area contributed by atoms with E-state index in [-0.39, 0.29) is 12.4 Å². The molecule has 0 bridgehead atoms. The number of benzene rings is 1. The molecule has 0 saturated heterocycles. The molecule has 1 aromatic rings. The summed E-state index contributed by atoms with van der Waals surface area (Å²) in [7, 11) is 1.68. The first-order valence-electron chi connectivity index (χ1n) is 6.78. The van der Waals surface area contributed by atoms with Crippen molar-refractivity contribution in [2.24, 2.45) is 5.73 Å². The van der Waals surface area contributed by atoms with E-state index in [9.17, 15) is 4.39 Å². The average Bonchev–Trinajstić information content (AvgIpc) is 2.40. The number of hydrogen-bond donors (Lipinski definition) is 1. The number of rotatable bonds is 6. The molecule has 3 nitrogen and oxygen atoms in total. The molecule has 1 aromatic carbocycles. The number of halogens is 1. The van der Waals surface area contributed by atoms with Crippen LogP contribution in [0.2, 0.25) is 0 Å². The highest BCUT2D eigenvalue weighted by Gasteiger charge is 2.11. The van der Waals surface area contributed by atoms with Crippen molar-refractivity contribution >= 4 is 0 Å². The van der Waals surface area contributed by atoms with Gasteiger partial charge in [0, 0.05) is 31.8 Å². The van der Waals surface area contributed by atoms with Crippen LogP contribution in [0.1, 0.15) is 25.0 Å². The number of nitrogens with two attached hydrogens (primary N) is 1. The molecule has 0 amide bonds. The molecule has 20 heavy (non-hydrogen) atoms. The van der Waals surface area contributed by atoms with E-state index in [1.54, 1.807) is 13.2 Å². The Hall–Kier alpha value is -1.41. The lowest BCUT2D eigenvalue weighted by Gasteiger charge is -2.26. The summed E-state index contributed by atoms with van der Waals surface area (Å²) < 4.78 is 18.7. The van der Waals surface area contributed by atoms with Crippen molar-refractivity contribution in [2.45, 2.75) is 26.4 Å². The van der Waals surface area contributed by atoms with Gasteiger partial charge in [0.2, 0.25) is 0 Å². The highest BCUT2D eigenvalue weighted by Crippen LogP contribution is 2.13. The van der Waals surface area contributed by atoms with Crippen molar-refractivity contribution in [3.05, 3.63) is 35.1 Å². The van der Waals surface area contributed by atoms with Gasteiger partial charge in [0.05, 0.1) is 13.2 Å². The minimum Gasteiger partial charge on any atom is -0.383 e. The minimum atomic E-state index is -0.265. The maximum atomic E-state index is 13.6. The molecule has 0 unspecified atom stereocenters. The second kappa shape index (κ2) is 8.70. The van der Waals surface area contributed by atoms with E-state index in [0.29, 0.717) is 24.8 Å². The van der Waals surface area contributed by atoms with E-state index < -0.39 is 0 Å². The third kappa shape index (κ3) is 5.70. The van der Waals surface area contributed by atoms with Crippen molar-refractivity contribution in [1.29, 1.82) is 0 Å². The lowest BCUT2D eigenvalue weighted by Crippen LogP contribution is -2.33. The zero-order chi connectivity index (χ0) is 15.0. The summed E-state index contributed by atoms with van der Waals surface area (Å²) in [5, 5.41) is 0. The van der Waals surface area contributed by atoms with E-state index in [4.69, 9.17) is 10.5 Å². The van der Waals surface area contributed by atoms with Crippen molar-refractivity contribution in [2.75, 3.05) is 26.8 Å². The van der Waals surface area contributed by atoms with Crippen LogP contribution in [0.5, 0.6) is 0 Å². The summed E-state index contributed by atoms with van der Waals surface area (Å²) in [6, 6.07) is 5.26. The average molecular weight is 278 g/mol. The van der Waals surface area contributed by atoms with E-state index in [0.717, 1.165) is 12.1 Å². The predicted molar refractivity (Wildman–Crippen MR) is 79.8 cm³/mol. The largest absolute Gasteiger partial charge is 0.383 e. The second-order valence-corrected chi connectivity index (χ2v) is 4.91. The molecule has 0 atom stereocenters. The zero-order valence-electron chi connectivity index (χ0n) is 12.4. The molecular weight excluding hydrogens is 255 g/mol. The molecule has 0 saturated carbocycles. The van der Waals surface area contributed by atoms with Gasteiger partial charge in [0.25, 0.3) is 0 Å². The summed E-state index contributed by atoms with van der Waals surface area (Å²) in [4.78, 5) is 2.23. The van der Waals surface area contributed by atoms with Crippen LogP contribution in [0.25, 0.3) is 0 Å². The number of nitrogens with zero attached hydrogens (tertiary/aromatic N) is 1. The molecule has 110 valence electrons. The van der Waals surface area contributed by atoms with Gasteiger partial charge in [-0.3, -0.25) is 4.90 Å². The normalized spacial score (nSPS) is 10.8. The van der Waals surface area contributed by atoms with Crippen LogP contribution in [0, 0.1) is 17.7 Å². The second-order valence-electron chi connectivity index (χ2n) is 4.91. The summed E-state index contributed by atoms with van der Waals surface area (Å²) in [5.74, 6) is 5.36. The Bertz CT molecular complexity index is 477. The van der Waals surface area contributed by atoms with Gasteiger partial charge in [-0.25, -0.2) is 4.39 Å². The zero-order valence-corrected chi connectivity index (χ0v) is 12.4. The number of ether oxygens (including phenoxy) is 1. The Labute approximate surface area is 120 Å². The summed E-state index contributed by atoms with van der Waals surface area (Å²) in [6.45, 7) is 6.66. The van der Waals surface area contributed by atoms with Gasteiger partial charge in [0.1, 0.15) is 5.82 Å². The fraction of sp³-hybridized carbons (Fsp3) is 0.500. The van der Waals surface area contributed by atoms with Crippen LogP contribution in [0.15, 0.2) is 18.2 Å². The molecule has 0 aromatic heterocycles. The molecule has 0 spiro atoms. The third-order valence-corrected chi connectivity index (χ3v) is 2.99. The molecule has 0 radical (unpaired) electrons. The number of methoxy groups -OCH3 is 1. The monoisotopic (exact) mass is 278 g/mol. The summed E-state index contributed by atoms with van der Waals surface area (Å²) >= 11 is 0. The molecular formula is C16H23FN2O. The van der Waals surface area contributed by atoms with E-state index >= 15 is 0 Å². The highest BCUT2D eigenvalue weighted by molar-refractivity contribution is 5.38. The highest BCUT2D eigenvalue weighted by atomic mass is 19.1. The van der Waals surface area contributed by atoms with Gasteiger partial charge in [-0.1, -0.05) is 11.8 Å². The van der Waals surface area contributed by atoms with Gasteiger partial charge in [0.15, 0.2) is 0 Å². The fourth-order valence-electron chi connectivity index (χ4n) is 1.93. The van der Waals surface area contributed by atoms with Gasteiger partial charge in [-0.15, -0.1) is 0 Å². The third-order valence-electron chi connectivity index (χ3n) is 2.99. The van der Waals surface area contributed by atoms with Crippen LogP contribution in [-0.4, -0.2) is 37.7 Å². The Kier molecular flexibility index (Phi) is 7.24. The topological polar surface area (TPSA) is 38.5 Å². The van der Waals surface area contributed by atoms with Gasteiger partial charge in [-0.05, 0) is 37.6 Å². The molecule has 2 N–H and O–H groups in total. The molecule has 0 fully saturated rings. The van der Waals surface area contributed by atoms with Gasteiger partial charge >= 0.3 is 0 Å². The minimum absolute atomic E-state index is 0.265. The standard InChI is InChI=1S/C16H23FN2O/c1-13(2)19(7-8-20-3)12-15-9-14(5-4-6-18)10-16(17)11-15/h9-11,13H,6-8,12,18H2,1-3H3. The van der Waals surface area contributed by atoms with Crippen molar-refractivity contribution in [3.8, 4) is 11.8 Å². The molecule has 0 aliphatic heterocycles. The van der Waals surface area contributed by atoms with Gasteiger partial charge < -0.3 is 10.5 Å². The molecule has 1 rings (SSSR count). The van der Waals surface area contributed by atoms with Crippen molar-refractivity contribution < 1.29 is 9.13 Å². The van der Waals surface area contributed by atoms with Crippen LogP contribution in [-0.2, 0) is 11.3 Å². The van der Waals surface area contributed by atoms with Crippen LogP contribution in [0.4, 0.5) is 4.39 Å². The maximum absolute atomic E-state index is 13.6. The van der Waals surface area contributed by atoms with Crippen molar-refractivity contribution in [1.82, 2.24) is 4.90 Å².